The number of rotatable bonds is 7. The fourth-order valence-electron chi connectivity index (χ4n) is 3.67. The molecule has 33 heavy (non-hydrogen) atoms. The molecule has 0 aliphatic rings. The Hall–Kier alpha value is -4.26. The van der Waals surface area contributed by atoms with E-state index in [-0.39, 0.29) is 6.61 Å². The zero-order valence-electron chi connectivity index (χ0n) is 18.4. The van der Waals surface area contributed by atoms with Gasteiger partial charge < -0.3 is 23.4 Å². The fraction of sp³-hybridized carbons (Fsp3) is 0.154. The largest absolute Gasteiger partial charge is 0.496 e. The fourth-order valence-corrected chi connectivity index (χ4v) is 3.67. The van der Waals surface area contributed by atoms with Crippen LogP contribution in [-0.4, -0.2) is 27.3 Å². The summed E-state index contributed by atoms with van der Waals surface area (Å²) in [5.74, 6) is 0.945. The Morgan fingerprint density at radius 1 is 0.909 bits per heavy atom. The predicted octanol–water partition coefficient (Wildman–Crippen LogP) is 4.73. The van der Waals surface area contributed by atoms with Gasteiger partial charge in [-0.25, -0.2) is 9.59 Å². The molecular formula is C26H22O7. The highest BCUT2D eigenvalue weighted by Crippen LogP contribution is 2.35. The molecule has 0 aliphatic heterocycles. The van der Waals surface area contributed by atoms with Gasteiger partial charge in [0.1, 0.15) is 17.9 Å². The van der Waals surface area contributed by atoms with Crippen molar-refractivity contribution in [2.24, 2.45) is 0 Å². The number of benzene rings is 3. The second-order valence-corrected chi connectivity index (χ2v) is 7.14. The van der Waals surface area contributed by atoms with E-state index in [9.17, 15) is 9.59 Å². The summed E-state index contributed by atoms with van der Waals surface area (Å²) in [6.45, 7) is -0.0810. The predicted molar refractivity (Wildman–Crippen MR) is 125 cm³/mol. The Morgan fingerprint density at radius 3 is 2.39 bits per heavy atom. The minimum atomic E-state index is -0.575. The lowest BCUT2D eigenvalue weighted by molar-refractivity contribution is -0.138. The molecule has 1 aromatic heterocycles. The van der Waals surface area contributed by atoms with E-state index in [4.69, 9.17) is 23.4 Å². The highest BCUT2D eigenvalue weighted by atomic mass is 16.5. The van der Waals surface area contributed by atoms with Crippen LogP contribution < -0.4 is 19.8 Å². The van der Waals surface area contributed by atoms with Crippen molar-refractivity contribution < 1.29 is 28.2 Å². The van der Waals surface area contributed by atoms with Crippen molar-refractivity contribution in [3.63, 3.8) is 0 Å². The molecule has 0 bridgehead atoms. The highest BCUT2D eigenvalue weighted by molar-refractivity contribution is 6.07. The Morgan fingerprint density at radius 2 is 1.64 bits per heavy atom. The first-order chi connectivity index (χ1) is 16.0. The molecule has 0 saturated carbocycles. The van der Waals surface area contributed by atoms with Crippen LogP contribution in [-0.2, 0) is 16.1 Å². The lowest BCUT2D eigenvalue weighted by Crippen LogP contribution is -2.06. The number of ether oxygens (including phenoxy) is 4. The van der Waals surface area contributed by atoms with E-state index in [2.05, 4.69) is 0 Å². The molecule has 0 fully saturated rings. The van der Waals surface area contributed by atoms with E-state index in [0.29, 0.717) is 34.0 Å². The summed E-state index contributed by atoms with van der Waals surface area (Å²) in [6.07, 6.45) is 2.85. The summed E-state index contributed by atoms with van der Waals surface area (Å²) in [7, 11) is 4.57. The van der Waals surface area contributed by atoms with E-state index in [0.717, 1.165) is 16.2 Å². The van der Waals surface area contributed by atoms with Gasteiger partial charge in [-0.1, -0.05) is 30.3 Å². The van der Waals surface area contributed by atoms with Crippen LogP contribution in [0.5, 0.6) is 17.2 Å². The van der Waals surface area contributed by atoms with Gasteiger partial charge in [0.15, 0.2) is 11.5 Å². The smallest absolute Gasteiger partial charge is 0.336 e. The number of esters is 1. The first kappa shape index (κ1) is 22.0. The molecule has 1 heterocycles. The Balaban J connectivity index is 1.59. The average molecular weight is 446 g/mol. The first-order valence-corrected chi connectivity index (χ1v) is 10.1. The van der Waals surface area contributed by atoms with Gasteiger partial charge in [0.2, 0.25) is 0 Å². The van der Waals surface area contributed by atoms with E-state index >= 15 is 0 Å². The maximum atomic E-state index is 12.4. The summed E-state index contributed by atoms with van der Waals surface area (Å²) >= 11 is 0. The number of hydrogen-bond donors (Lipinski definition) is 0. The second kappa shape index (κ2) is 9.48. The number of carbonyl (C=O) groups excluding carboxylic acids is 1. The molecule has 0 atom stereocenters. The highest BCUT2D eigenvalue weighted by Gasteiger charge is 2.13. The van der Waals surface area contributed by atoms with Crippen molar-refractivity contribution in [1.82, 2.24) is 0 Å². The van der Waals surface area contributed by atoms with Gasteiger partial charge in [-0.05, 0) is 29.0 Å². The van der Waals surface area contributed by atoms with Crippen LogP contribution in [0.15, 0.2) is 69.9 Å². The van der Waals surface area contributed by atoms with Crippen molar-refractivity contribution in [3.05, 3.63) is 82.2 Å². The van der Waals surface area contributed by atoms with Crippen molar-refractivity contribution in [1.29, 1.82) is 0 Å². The standard InChI is InChI=1S/C26H22O7/c1-29-21-14-23(31-3)22(30-2)12-17(21)9-11-24(27)32-15-18-13-25(28)33-20-10-8-16-6-4-5-7-19(16)26(18)20/h4-14H,15H2,1-3H3/b11-9+. The molecule has 168 valence electrons. The van der Waals surface area contributed by atoms with Crippen molar-refractivity contribution in [2.75, 3.05) is 21.3 Å². The van der Waals surface area contributed by atoms with E-state index in [1.165, 1.54) is 33.5 Å². The van der Waals surface area contributed by atoms with Crippen LogP contribution in [0, 0.1) is 0 Å². The third kappa shape index (κ3) is 4.52. The molecule has 0 amide bonds. The molecular weight excluding hydrogens is 424 g/mol. The Bertz CT molecular complexity index is 1420. The van der Waals surface area contributed by atoms with E-state index in [1.54, 1.807) is 24.3 Å². The minimum Gasteiger partial charge on any atom is -0.496 e. The summed E-state index contributed by atoms with van der Waals surface area (Å²) in [5, 5.41) is 2.65. The topological polar surface area (TPSA) is 84.2 Å². The first-order valence-electron chi connectivity index (χ1n) is 10.1. The van der Waals surface area contributed by atoms with Crippen LogP contribution in [0.25, 0.3) is 27.8 Å². The molecule has 0 saturated heterocycles. The summed E-state index contributed by atoms with van der Waals surface area (Å²) in [5.41, 5.74) is 1.12. The van der Waals surface area contributed by atoms with Crippen LogP contribution >= 0.6 is 0 Å². The van der Waals surface area contributed by atoms with Gasteiger partial charge in [-0.3, -0.25) is 0 Å². The lowest BCUT2D eigenvalue weighted by atomic mass is 10.0. The van der Waals surface area contributed by atoms with Gasteiger partial charge in [-0.2, -0.15) is 0 Å². The molecule has 3 aromatic carbocycles. The molecule has 7 nitrogen and oxygen atoms in total. The third-order valence-corrected chi connectivity index (χ3v) is 5.22. The van der Waals surface area contributed by atoms with Gasteiger partial charge in [0.25, 0.3) is 0 Å². The summed E-state index contributed by atoms with van der Waals surface area (Å²) in [4.78, 5) is 24.5. The third-order valence-electron chi connectivity index (χ3n) is 5.22. The second-order valence-electron chi connectivity index (χ2n) is 7.14. The lowest BCUT2D eigenvalue weighted by Gasteiger charge is -2.12. The van der Waals surface area contributed by atoms with Crippen LogP contribution in [0.2, 0.25) is 0 Å². The normalized spacial score (nSPS) is 11.1. The van der Waals surface area contributed by atoms with E-state index < -0.39 is 11.6 Å². The molecule has 0 unspecified atom stereocenters. The summed E-state index contributed by atoms with van der Waals surface area (Å²) in [6, 6.07) is 16.1. The maximum Gasteiger partial charge on any atom is 0.336 e. The molecule has 0 aliphatic carbocycles. The zero-order chi connectivity index (χ0) is 23.4. The Kier molecular flexibility index (Phi) is 6.31. The molecule has 0 spiro atoms. The number of carbonyl (C=O) groups is 1. The van der Waals surface area contributed by atoms with Crippen LogP contribution in [0.4, 0.5) is 0 Å². The SMILES string of the molecule is COc1cc(OC)c(OC)cc1/C=C/C(=O)OCc1cc(=O)oc2ccc3ccccc3c12. The van der Waals surface area contributed by atoms with Crippen molar-refractivity contribution >= 4 is 33.8 Å². The van der Waals surface area contributed by atoms with Gasteiger partial charge >= 0.3 is 11.6 Å². The Labute approximate surface area is 189 Å². The molecule has 7 heteroatoms. The molecule has 4 aromatic rings. The van der Waals surface area contributed by atoms with Crippen LogP contribution in [0.1, 0.15) is 11.1 Å². The minimum absolute atomic E-state index is 0.0810. The van der Waals surface area contributed by atoms with Gasteiger partial charge in [-0.15, -0.1) is 0 Å². The quantitative estimate of drug-likeness (QED) is 0.176. The molecule has 0 N–H and O–H groups in total. The summed E-state index contributed by atoms with van der Waals surface area (Å²) < 4.78 is 26.7. The average Bonchev–Trinajstić information content (AvgIpc) is 2.84. The van der Waals surface area contributed by atoms with Crippen molar-refractivity contribution in [3.8, 4) is 17.2 Å². The maximum absolute atomic E-state index is 12.4. The van der Waals surface area contributed by atoms with Gasteiger partial charge in [0.05, 0.1) is 21.3 Å². The zero-order valence-corrected chi connectivity index (χ0v) is 18.4. The molecule has 0 radical (unpaired) electrons. The van der Waals surface area contributed by atoms with Gasteiger partial charge in [0, 0.05) is 34.7 Å². The molecule has 4 rings (SSSR count). The number of methoxy groups -OCH3 is 3. The monoisotopic (exact) mass is 446 g/mol. The number of fused-ring (bicyclic) bond motifs is 3. The van der Waals surface area contributed by atoms with E-state index in [1.807, 2.05) is 30.3 Å². The number of hydrogen-bond acceptors (Lipinski definition) is 7. The van der Waals surface area contributed by atoms with Crippen molar-refractivity contribution in [2.45, 2.75) is 6.61 Å². The van der Waals surface area contributed by atoms with Crippen LogP contribution in [0.3, 0.4) is 0 Å².